The third-order valence-electron chi connectivity index (χ3n) is 9.36. The second-order valence-electron chi connectivity index (χ2n) is 14.8. The fraction of sp³-hybridized carbons (Fsp3) is 0.429. The van der Waals surface area contributed by atoms with Crippen LogP contribution in [-0.2, 0) is 25.5 Å². The zero-order chi connectivity index (χ0) is 34.6. The van der Waals surface area contributed by atoms with E-state index in [4.69, 9.17) is 14.2 Å². The molecular weight excluding hydrogens is 612 g/mol. The van der Waals surface area contributed by atoms with Gasteiger partial charge in [0.1, 0.15) is 5.60 Å². The Labute approximate surface area is 291 Å². The first kappa shape index (κ1) is 34.7. The molecule has 0 bridgehead atoms. The molecule has 258 valence electrons. The number of nitrogens with one attached hydrogen (secondary N) is 1. The predicted molar refractivity (Wildman–Crippen MR) is 194 cm³/mol. The summed E-state index contributed by atoms with van der Waals surface area (Å²) in [6, 6.07) is 30.2. The van der Waals surface area contributed by atoms with Crippen LogP contribution < -0.4 is 5.32 Å². The van der Waals surface area contributed by atoms with E-state index in [-0.39, 0.29) is 36.4 Å². The highest BCUT2D eigenvalue weighted by atomic mass is 16.7. The fourth-order valence-corrected chi connectivity index (χ4v) is 7.51. The van der Waals surface area contributed by atoms with Crippen LogP contribution in [0.25, 0.3) is 22.4 Å². The van der Waals surface area contributed by atoms with Gasteiger partial charge in [-0.2, -0.15) is 0 Å². The van der Waals surface area contributed by atoms with Crippen LogP contribution in [0.15, 0.2) is 91.0 Å². The molecule has 3 aromatic carbocycles. The molecule has 7 nitrogen and oxygen atoms in total. The van der Waals surface area contributed by atoms with Crippen LogP contribution in [0.5, 0.6) is 0 Å². The van der Waals surface area contributed by atoms with E-state index >= 15 is 0 Å². The minimum Gasteiger partial charge on any atom is -0.460 e. The number of hydrogen-bond acceptors (Lipinski definition) is 5. The highest BCUT2D eigenvalue weighted by molar-refractivity contribution is 6.12. The fourth-order valence-electron chi connectivity index (χ4n) is 7.51. The van der Waals surface area contributed by atoms with E-state index in [1.165, 1.54) is 0 Å². The average molecular weight is 663 g/mol. The van der Waals surface area contributed by atoms with Crippen molar-refractivity contribution in [2.45, 2.75) is 116 Å². The maximum Gasteiger partial charge on any atom is 0.308 e. The smallest absolute Gasteiger partial charge is 0.308 e. The third kappa shape index (κ3) is 8.17. The molecule has 1 aliphatic carbocycles. The van der Waals surface area contributed by atoms with Crippen molar-refractivity contribution in [3.05, 3.63) is 102 Å². The van der Waals surface area contributed by atoms with Gasteiger partial charge < -0.3 is 24.1 Å². The Hall–Kier alpha value is -4.20. The molecule has 0 unspecified atom stereocenters. The maximum absolute atomic E-state index is 14.4. The van der Waals surface area contributed by atoms with Gasteiger partial charge in [0.05, 0.1) is 29.9 Å². The molecule has 49 heavy (non-hydrogen) atoms. The summed E-state index contributed by atoms with van der Waals surface area (Å²) in [4.78, 5) is 27.4. The summed E-state index contributed by atoms with van der Waals surface area (Å²) in [7, 11) is 0. The predicted octanol–water partition coefficient (Wildman–Crippen LogP) is 9.76. The summed E-state index contributed by atoms with van der Waals surface area (Å²) in [5.74, 6) is -0.986. The molecule has 1 aliphatic heterocycles. The summed E-state index contributed by atoms with van der Waals surface area (Å²) in [5.41, 5.74) is 5.85. The molecule has 1 spiro atoms. The van der Waals surface area contributed by atoms with Crippen LogP contribution in [0.2, 0.25) is 0 Å². The number of ether oxygens (including phenoxy) is 3. The van der Waals surface area contributed by atoms with Crippen molar-refractivity contribution in [2.75, 3.05) is 5.32 Å². The summed E-state index contributed by atoms with van der Waals surface area (Å²) < 4.78 is 21.4. The van der Waals surface area contributed by atoms with Gasteiger partial charge >= 0.3 is 5.97 Å². The average Bonchev–Trinajstić information content (AvgIpc) is 3.66. The quantitative estimate of drug-likeness (QED) is 0.171. The van der Waals surface area contributed by atoms with Crippen LogP contribution in [0.4, 0.5) is 5.69 Å². The van der Waals surface area contributed by atoms with E-state index in [9.17, 15) is 9.59 Å². The normalized spacial score (nSPS) is 18.9. The van der Waals surface area contributed by atoms with Crippen LogP contribution in [0, 0.1) is 0 Å². The van der Waals surface area contributed by atoms with Crippen molar-refractivity contribution in [3.8, 4) is 22.4 Å². The van der Waals surface area contributed by atoms with Gasteiger partial charge in [0, 0.05) is 42.8 Å². The van der Waals surface area contributed by atoms with Crippen LogP contribution >= 0.6 is 0 Å². The van der Waals surface area contributed by atoms with Crippen molar-refractivity contribution in [3.63, 3.8) is 0 Å². The summed E-state index contributed by atoms with van der Waals surface area (Å²) >= 11 is 0. The zero-order valence-corrected chi connectivity index (χ0v) is 29.5. The van der Waals surface area contributed by atoms with Gasteiger partial charge in [-0.25, -0.2) is 0 Å². The minimum absolute atomic E-state index is 0.0492. The number of carbonyl (C=O) groups excluding carboxylic acids is 2. The van der Waals surface area contributed by atoms with Crippen LogP contribution in [0.1, 0.15) is 102 Å². The largest absolute Gasteiger partial charge is 0.460 e. The molecular formula is C42H50N2O5. The van der Waals surface area contributed by atoms with Gasteiger partial charge in [-0.05, 0) is 69.2 Å². The Balaban J connectivity index is 1.41. The number of amides is 1. The SMILES string of the molecule is CC(C)c1c(C(=O)Nc2ccccc2)c(-c2ccccc2)c(-c2ccccc2)n1CC[C@@H]1C[C@H](CC(=O)OC(C)(C)C)OC2(CCCC2)O1. The first-order chi connectivity index (χ1) is 23.5. The van der Waals surface area contributed by atoms with Crippen LogP contribution in [-0.4, -0.2) is 40.0 Å². The molecule has 2 atom stereocenters. The number of anilines is 1. The van der Waals surface area contributed by atoms with E-state index in [0.717, 1.165) is 59.4 Å². The van der Waals surface area contributed by atoms with Gasteiger partial charge in [0.15, 0.2) is 5.79 Å². The number of aromatic nitrogens is 1. The van der Waals surface area contributed by atoms with Gasteiger partial charge in [0.25, 0.3) is 5.91 Å². The van der Waals surface area contributed by atoms with Crippen molar-refractivity contribution >= 4 is 17.6 Å². The summed E-state index contributed by atoms with van der Waals surface area (Å²) in [6.07, 6.45) is 4.85. The molecule has 1 aromatic heterocycles. The number of para-hydroxylation sites is 1. The first-order valence-electron chi connectivity index (χ1n) is 17.8. The lowest BCUT2D eigenvalue weighted by Gasteiger charge is -2.43. The molecule has 1 N–H and O–H groups in total. The van der Waals surface area contributed by atoms with Gasteiger partial charge in [0.2, 0.25) is 0 Å². The lowest BCUT2D eigenvalue weighted by Crippen LogP contribution is -2.48. The number of esters is 1. The van der Waals surface area contributed by atoms with Crippen molar-refractivity contribution in [1.82, 2.24) is 4.57 Å². The molecule has 4 aromatic rings. The molecule has 1 saturated heterocycles. The van der Waals surface area contributed by atoms with E-state index in [0.29, 0.717) is 24.9 Å². The second kappa shape index (κ2) is 14.7. The van der Waals surface area contributed by atoms with E-state index in [1.807, 2.05) is 87.5 Å². The molecule has 2 heterocycles. The van der Waals surface area contributed by atoms with Crippen molar-refractivity contribution in [2.24, 2.45) is 0 Å². The number of nitrogens with zero attached hydrogens (tertiary/aromatic N) is 1. The van der Waals surface area contributed by atoms with Crippen molar-refractivity contribution in [1.29, 1.82) is 0 Å². The number of benzene rings is 3. The van der Waals surface area contributed by atoms with Gasteiger partial charge in [-0.1, -0.05) is 92.7 Å². The molecule has 1 saturated carbocycles. The molecule has 2 aliphatic rings. The Morgan fingerprint density at radius 3 is 2.02 bits per heavy atom. The molecule has 6 rings (SSSR count). The Morgan fingerprint density at radius 1 is 0.857 bits per heavy atom. The van der Waals surface area contributed by atoms with Gasteiger partial charge in [-0.15, -0.1) is 0 Å². The van der Waals surface area contributed by atoms with E-state index < -0.39 is 11.4 Å². The lowest BCUT2D eigenvalue weighted by molar-refractivity contribution is -0.315. The maximum atomic E-state index is 14.4. The first-order valence-corrected chi connectivity index (χ1v) is 17.8. The number of hydrogen-bond donors (Lipinski definition) is 1. The topological polar surface area (TPSA) is 78.8 Å². The highest BCUT2D eigenvalue weighted by Gasteiger charge is 2.45. The number of rotatable bonds is 10. The van der Waals surface area contributed by atoms with E-state index in [1.54, 1.807) is 0 Å². The summed E-state index contributed by atoms with van der Waals surface area (Å²) in [5, 5.41) is 3.20. The Morgan fingerprint density at radius 2 is 1.43 bits per heavy atom. The monoisotopic (exact) mass is 662 g/mol. The lowest BCUT2D eigenvalue weighted by atomic mass is 9.94. The third-order valence-corrected chi connectivity index (χ3v) is 9.36. The van der Waals surface area contributed by atoms with Crippen molar-refractivity contribution < 1.29 is 23.8 Å². The molecule has 7 heteroatoms. The zero-order valence-electron chi connectivity index (χ0n) is 29.5. The van der Waals surface area contributed by atoms with E-state index in [2.05, 4.69) is 48.0 Å². The van der Waals surface area contributed by atoms with Gasteiger partial charge in [-0.3, -0.25) is 9.59 Å². The summed E-state index contributed by atoms with van der Waals surface area (Å²) in [6.45, 7) is 10.6. The molecule has 2 fully saturated rings. The van der Waals surface area contributed by atoms with Crippen LogP contribution in [0.3, 0.4) is 0 Å². The minimum atomic E-state index is -0.661. The standard InChI is InChI=1S/C42H50N2O5/c1-29(2)38-37(40(46)43-32-21-13-8-14-22-32)36(30-17-9-6-10-18-30)39(31-19-11-7-12-20-31)44(38)26-23-33-27-34(28-35(45)49-41(3,4)5)48-42(47-33)24-15-16-25-42/h6-14,17-22,29,33-34H,15-16,23-28H2,1-5H3,(H,43,46)/t33-,34-/m1/s1. The number of carbonyl (C=O) groups is 2. The Bertz CT molecular complexity index is 1720. The Kier molecular flexibility index (Phi) is 10.4. The molecule has 0 radical (unpaired) electrons. The highest BCUT2D eigenvalue weighted by Crippen LogP contribution is 2.45. The molecule has 1 amide bonds. The second-order valence-corrected chi connectivity index (χ2v) is 14.8.